The number of aromatic nitrogens is 3. The zero-order valence-electron chi connectivity index (χ0n) is 21.2. The molecule has 192 valence electrons. The zero-order chi connectivity index (χ0) is 24.8. The summed E-state index contributed by atoms with van der Waals surface area (Å²) in [6.45, 7) is 10.2. The summed E-state index contributed by atoms with van der Waals surface area (Å²) in [6.07, 6.45) is 5.10. The molecule has 2 aromatic heterocycles. The van der Waals surface area contributed by atoms with E-state index in [-0.39, 0.29) is 23.6 Å². The van der Waals surface area contributed by atoms with Crippen molar-refractivity contribution in [1.29, 1.82) is 0 Å². The van der Waals surface area contributed by atoms with Crippen molar-refractivity contribution in [2.75, 3.05) is 52.6 Å². The Morgan fingerprint density at radius 3 is 2.83 bits per heavy atom. The molecule has 1 amide bonds. The van der Waals surface area contributed by atoms with Gasteiger partial charge in [-0.1, -0.05) is 0 Å². The van der Waals surface area contributed by atoms with Crippen LogP contribution in [0.15, 0.2) is 23.1 Å². The second-order valence-electron chi connectivity index (χ2n) is 10.7. The molecule has 1 N–H and O–H groups in total. The third-order valence-electron chi connectivity index (χ3n) is 8.02. The van der Waals surface area contributed by atoms with Gasteiger partial charge in [-0.3, -0.25) is 19.2 Å². The van der Waals surface area contributed by atoms with Crippen molar-refractivity contribution in [3.63, 3.8) is 0 Å². The first-order chi connectivity index (χ1) is 17.5. The maximum absolute atomic E-state index is 13.7. The maximum Gasteiger partial charge on any atom is 0.259 e. The summed E-state index contributed by atoms with van der Waals surface area (Å²) < 4.78 is 13.3. The van der Waals surface area contributed by atoms with Crippen molar-refractivity contribution in [3.05, 3.63) is 39.8 Å². The molecule has 0 bridgehead atoms. The summed E-state index contributed by atoms with van der Waals surface area (Å²) in [6, 6.07) is 4.24. The minimum atomic E-state index is -0.160. The fourth-order valence-electron chi connectivity index (χ4n) is 5.61. The number of aromatic amines is 1. The molecule has 0 spiro atoms. The monoisotopic (exact) mass is 493 g/mol. The highest BCUT2D eigenvalue weighted by atomic mass is 16.5. The summed E-state index contributed by atoms with van der Waals surface area (Å²) in [5.74, 6) is 0.826. The molecule has 9 heteroatoms. The van der Waals surface area contributed by atoms with Crippen LogP contribution in [0.4, 0.5) is 0 Å². The van der Waals surface area contributed by atoms with E-state index in [4.69, 9.17) is 9.47 Å². The Labute approximate surface area is 210 Å². The molecule has 3 aliphatic rings. The van der Waals surface area contributed by atoms with Crippen LogP contribution in [0, 0.1) is 12.8 Å². The molecule has 2 aliphatic heterocycles. The Balaban J connectivity index is 1.24. The van der Waals surface area contributed by atoms with Gasteiger partial charge in [0.05, 0.1) is 41.9 Å². The van der Waals surface area contributed by atoms with Gasteiger partial charge in [-0.2, -0.15) is 5.10 Å². The number of ether oxygens (including phenoxy) is 2. The van der Waals surface area contributed by atoms with Crippen molar-refractivity contribution in [2.45, 2.75) is 45.2 Å². The summed E-state index contributed by atoms with van der Waals surface area (Å²) in [7, 11) is 0. The van der Waals surface area contributed by atoms with Crippen molar-refractivity contribution in [2.24, 2.45) is 5.92 Å². The maximum atomic E-state index is 13.7. The molecule has 3 fully saturated rings. The Morgan fingerprint density at radius 2 is 2.08 bits per heavy atom. The summed E-state index contributed by atoms with van der Waals surface area (Å²) in [4.78, 5) is 33.8. The number of hydrogen-bond acceptors (Lipinski definition) is 6. The van der Waals surface area contributed by atoms with E-state index in [1.165, 1.54) is 12.8 Å². The summed E-state index contributed by atoms with van der Waals surface area (Å²) >= 11 is 0. The first-order valence-electron chi connectivity index (χ1n) is 13.2. The summed E-state index contributed by atoms with van der Waals surface area (Å²) in [5, 5.41) is 5.94. The highest BCUT2D eigenvalue weighted by molar-refractivity contribution is 6.07. The molecule has 1 aliphatic carbocycles. The number of amides is 1. The Morgan fingerprint density at radius 1 is 1.22 bits per heavy atom. The molecule has 3 aromatic rings. The van der Waals surface area contributed by atoms with Crippen LogP contribution in [0.2, 0.25) is 0 Å². The number of fused-ring (bicyclic) bond motifs is 3. The van der Waals surface area contributed by atoms with E-state index in [0.717, 1.165) is 60.6 Å². The van der Waals surface area contributed by atoms with E-state index in [1.54, 1.807) is 6.20 Å². The van der Waals surface area contributed by atoms with Gasteiger partial charge in [0.15, 0.2) is 0 Å². The van der Waals surface area contributed by atoms with Crippen LogP contribution in [-0.4, -0.2) is 89.1 Å². The predicted molar refractivity (Wildman–Crippen MR) is 138 cm³/mol. The van der Waals surface area contributed by atoms with E-state index in [2.05, 4.69) is 21.9 Å². The average molecular weight is 494 g/mol. The van der Waals surface area contributed by atoms with E-state index >= 15 is 0 Å². The lowest BCUT2D eigenvalue weighted by Gasteiger charge is -2.40. The third kappa shape index (κ3) is 4.44. The molecule has 9 nitrogen and oxygen atoms in total. The molecule has 36 heavy (non-hydrogen) atoms. The SMILES string of the molecule is Cc1cc2[nH]c(=O)c3cnn([C@H]4CCOC4)c3c2cc1C(=O)N1CCN(CCOCC2CC2)[C@@H](C)C1. The Kier molecular flexibility index (Phi) is 6.31. The minimum Gasteiger partial charge on any atom is -0.380 e. The molecule has 6 rings (SSSR count). The smallest absolute Gasteiger partial charge is 0.259 e. The predicted octanol–water partition coefficient (Wildman–Crippen LogP) is 2.72. The van der Waals surface area contributed by atoms with Crippen molar-refractivity contribution >= 4 is 27.7 Å². The number of rotatable bonds is 7. The van der Waals surface area contributed by atoms with Crippen LogP contribution in [0.5, 0.6) is 0 Å². The molecular formula is C27H35N5O4. The first kappa shape index (κ1) is 23.6. The fraction of sp³-hybridized carbons (Fsp3) is 0.593. The molecule has 0 unspecified atom stereocenters. The highest BCUT2D eigenvalue weighted by Gasteiger charge is 2.29. The molecule has 2 atom stereocenters. The van der Waals surface area contributed by atoms with Gasteiger partial charge < -0.3 is 19.4 Å². The number of nitrogens with one attached hydrogen (secondary N) is 1. The van der Waals surface area contributed by atoms with E-state index < -0.39 is 0 Å². The highest BCUT2D eigenvalue weighted by Crippen LogP contribution is 2.30. The molecule has 2 saturated heterocycles. The first-order valence-corrected chi connectivity index (χ1v) is 13.2. The molecular weight excluding hydrogens is 458 g/mol. The normalized spacial score (nSPS) is 23.2. The van der Waals surface area contributed by atoms with Gasteiger partial charge >= 0.3 is 0 Å². The summed E-state index contributed by atoms with van der Waals surface area (Å²) in [5.41, 5.74) is 2.89. The number of hydrogen-bond donors (Lipinski definition) is 1. The average Bonchev–Trinajstić information content (AvgIpc) is 3.33. The van der Waals surface area contributed by atoms with Gasteiger partial charge in [0, 0.05) is 56.4 Å². The van der Waals surface area contributed by atoms with Gasteiger partial charge in [-0.15, -0.1) is 0 Å². The topological polar surface area (TPSA) is 92.7 Å². The zero-order valence-corrected chi connectivity index (χ0v) is 21.2. The Hall–Kier alpha value is -2.75. The van der Waals surface area contributed by atoms with E-state index in [0.29, 0.717) is 37.3 Å². The number of aryl methyl sites for hydroxylation is 1. The van der Waals surface area contributed by atoms with Gasteiger partial charge in [0.25, 0.3) is 11.5 Å². The van der Waals surface area contributed by atoms with Crippen molar-refractivity contribution in [1.82, 2.24) is 24.6 Å². The Bertz CT molecular complexity index is 1340. The van der Waals surface area contributed by atoms with Crippen LogP contribution in [0.1, 0.15) is 48.1 Å². The number of nitrogens with zero attached hydrogens (tertiary/aromatic N) is 4. The number of benzene rings is 1. The number of H-pyrrole nitrogens is 1. The standard InChI is InChI=1S/C27H35N5O4/c1-17-11-24-22(25-23(26(33)29-24)13-28-32(25)20-5-9-35-16-20)12-21(17)27(34)31-7-6-30(18(2)14-31)8-10-36-15-19-3-4-19/h11-13,18-20H,3-10,14-16H2,1-2H3,(H,29,33)/t18-,20-/m0/s1. The van der Waals surface area contributed by atoms with E-state index in [1.807, 2.05) is 28.6 Å². The van der Waals surface area contributed by atoms with Crippen LogP contribution in [0.3, 0.4) is 0 Å². The van der Waals surface area contributed by atoms with Crippen LogP contribution >= 0.6 is 0 Å². The van der Waals surface area contributed by atoms with E-state index in [9.17, 15) is 9.59 Å². The molecule has 1 saturated carbocycles. The van der Waals surface area contributed by atoms with Gasteiger partial charge in [0.2, 0.25) is 0 Å². The third-order valence-corrected chi connectivity index (χ3v) is 8.02. The van der Waals surface area contributed by atoms with Gasteiger partial charge in [-0.05, 0) is 56.7 Å². The number of carbonyl (C=O) groups is 1. The molecule has 0 radical (unpaired) electrons. The van der Waals surface area contributed by atoms with Crippen LogP contribution < -0.4 is 5.56 Å². The fourth-order valence-corrected chi connectivity index (χ4v) is 5.61. The van der Waals surface area contributed by atoms with Crippen molar-refractivity contribution < 1.29 is 14.3 Å². The van der Waals surface area contributed by atoms with Gasteiger partial charge in [-0.25, -0.2) is 0 Å². The van der Waals surface area contributed by atoms with Crippen LogP contribution in [-0.2, 0) is 9.47 Å². The van der Waals surface area contributed by atoms with Gasteiger partial charge in [0.1, 0.15) is 0 Å². The van der Waals surface area contributed by atoms with Crippen molar-refractivity contribution in [3.8, 4) is 0 Å². The second kappa shape index (κ2) is 9.61. The molecule has 4 heterocycles. The number of carbonyl (C=O) groups excluding carboxylic acids is 1. The van der Waals surface area contributed by atoms with Crippen LogP contribution in [0.25, 0.3) is 21.8 Å². The minimum absolute atomic E-state index is 0.0421. The molecule has 1 aromatic carbocycles. The second-order valence-corrected chi connectivity index (χ2v) is 10.7. The quantitative estimate of drug-likeness (QED) is 0.509. The largest absolute Gasteiger partial charge is 0.380 e. The number of piperazine rings is 1. The lowest BCUT2D eigenvalue weighted by molar-refractivity contribution is 0.0361. The number of pyridine rings is 1. The lowest BCUT2D eigenvalue weighted by Crippen LogP contribution is -2.54. The lowest BCUT2D eigenvalue weighted by atomic mass is 10.0.